The van der Waals surface area contributed by atoms with Gasteiger partial charge in [-0.2, -0.15) is 13.2 Å². The SMILES string of the molecule is C=C1COc2cc(OCc3cccc(-c4ccc(C(F)(F)F)cc4)c3)ccc2C1CC(=O)OC. The van der Waals surface area contributed by atoms with Crippen molar-refractivity contribution in [2.75, 3.05) is 13.7 Å². The highest BCUT2D eigenvalue weighted by atomic mass is 19.4. The average Bonchev–Trinajstić information content (AvgIpc) is 2.84. The zero-order valence-corrected chi connectivity index (χ0v) is 18.5. The first-order valence-electron chi connectivity index (χ1n) is 10.6. The predicted molar refractivity (Wildman–Crippen MR) is 122 cm³/mol. The third kappa shape index (κ3) is 5.25. The maximum atomic E-state index is 12.8. The van der Waals surface area contributed by atoms with Crippen LogP contribution in [0.15, 0.2) is 78.9 Å². The van der Waals surface area contributed by atoms with Crippen LogP contribution in [0.3, 0.4) is 0 Å². The molecular formula is C27H23F3O4. The van der Waals surface area contributed by atoms with Crippen molar-refractivity contribution in [1.82, 2.24) is 0 Å². The van der Waals surface area contributed by atoms with E-state index in [1.54, 1.807) is 6.07 Å². The number of carbonyl (C=O) groups excluding carboxylic acids is 1. The van der Waals surface area contributed by atoms with Crippen molar-refractivity contribution in [1.29, 1.82) is 0 Å². The van der Waals surface area contributed by atoms with E-state index in [9.17, 15) is 18.0 Å². The summed E-state index contributed by atoms with van der Waals surface area (Å²) in [6.45, 7) is 4.59. The lowest BCUT2D eigenvalue weighted by atomic mass is 9.87. The lowest BCUT2D eigenvalue weighted by molar-refractivity contribution is -0.141. The van der Waals surface area contributed by atoms with Gasteiger partial charge < -0.3 is 14.2 Å². The molecule has 0 aromatic heterocycles. The molecule has 34 heavy (non-hydrogen) atoms. The van der Waals surface area contributed by atoms with Gasteiger partial charge in [0.2, 0.25) is 0 Å². The van der Waals surface area contributed by atoms with Gasteiger partial charge in [-0.15, -0.1) is 0 Å². The molecule has 1 aliphatic rings. The van der Waals surface area contributed by atoms with Crippen molar-refractivity contribution in [2.45, 2.75) is 25.1 Å². The van der Waals surface area contributed by atoms with Gasteiger partial charge in [-0.05, 0) is 46.5 Å². The molecule has 4 rings (SSSR count). The number of hydrogen-bond acceptors (Lipinski definition) is 4. The average molecular weight is 468 g/mol. The zero-order chi connectivity index (χ0) is 24.3. The molecule has 1 aliphatic heterocycles. The number of halogens is 3. The van der Waals surface area contributed by atoms with Crippen LogP contribution in [0.1, 0.15) is 29.0 Å². The molecule has 0 saturated carbocycles. The van der Waals surface area contributed by atoms with Crippen LogP contribution in [0.25, 0.3) is 11.1 Å². The molecule has 0 N–H and O–H groups in total. The molecule has 0 aliphatic carbocycles. The Kier molecular flexibility index (Phi) is 6.63. The van der Waals surface area contributed by atoms with Gasteiger partial charge in [0.15, 0.2) is 0 Å². The van der Waals surface area contributed by atoms with E-state index < -0.39 is 11.7 Å². The van der Waals surface area contributed by atoms with E-state index in [4.69, 9.17) is 14.2 Å². The second kappa shape index (κ2) is 9.63. The van der Waals surface area contributed by atoms with E-state index in [1.807, 2.05) is 36.4 Å². The molecule has 3 aromatic carbocycles. The van der Waals surface area contributed by atoms with Gasteiger partial charge in [-0.3, -0.25) is 4.79 Å². The zero-order valence-electron chi connectivity index (χ0n) is 18.5. The Morgan fingerprint density at radius 1 is 1.06 bits per heavy atom. The minimum absolute atomic E-state index is 0.175. The van der Waals surface area contributed by atoms with Crippen LogP contribution in [-0.4, -0.2) is 19.7 Å². The Labute approximate surface area is 195 Å². The summed E-state index contributed by atoms with van der Waals surface area (Å²) in [5.74, 6) is 0.748. The number of hydrogen-bond donors (Lipinski definition) is 0. The molecule has 7 heteroatoms. The first-order chi connectivity index (χ1) is 16.2. The number of carbonyl (C=O) groups is 1. The predicted octanol–water partition coefficient (Wildman–Crippen LogP) is 6.55. The number of methoxy groups -OCH3 is 1. The van der Waals surface area contributed by atoms with Crippen molar-refractivity contribution in [3.63, 3.8) is 0 Å². The molecule has 176 valence electrons. The molecule has 1 heterocycles. The van der Waals surface area contributed by atoms with Crippen molar-refractivity contribution >= 4 is 5.97 Å². The molecule has 0 fully saturated rings. The van der Waals surface area contributed by atoms with Gasteiger partial charge in [0, 0.05) is 17.5 Å². The highest BCUT2D eigenvalue weighted by Gasteiger charge is 2.30. The summed E-state index contributed by atoms with van der Waals surface area (Å²) in [5.41, 5.74) is 3.35. The van der Waals surface area contributed by atoms with Gasteiger partial charge in [-0.25, -0.2) is 0 Å². The maximum Gasteiger partial charge on any atom is 0.416 e. The van der Waals surface area contributed by atoms with Crippen molar-refractivity contribution in [3.8, 4) is 22.6 Å². The highest BCUT2D eigenvalue weighted by Crippen LogP contribution is 2.40. The quantitative estimate of drug-likeness (QED) is 0.304. The standard InChI is InChI=1S/C27H23F3O4/c1-17-15-34-25-13-22(10-11-23(25)24(17)14-26(31)32-2)33-16-18-4-3-5-20(12-18)19-6-8-21(9-7-19)27(28,29)30/h3-13,24H,1,14-16H2,2H3. The van der Waals surface area contributed by atoms with E-state index in [-0.39, 0.29) is 24.9 Å². The summed E-state index contributed by atoms with van der Waals surface area (Å²) < 4.78 is 54.9. The fourth-order valence-corrected chi connectivity index (χ4v) is 3.87. The third-order valence-corrected chi connectivity index (χ3v) is 5.74. The van der Waals surface area contributed by atoms with E-state index >= 15 is 0 Å². The summed E-state index contributed by atoms with van der Waals surface area (Å²) in [6, 6.07) is 18.0. The van der Waals surface area contributed by atoms with E-state index in [2.05, 4.69) is 6.58 Å². The fourth-order valence-electron chi connectivity index (χ4n) is 3.87. The van der Waals surface area contributed by atoms with Crippen LogP contribution >= 0.6 is 0 Å². The summed E-state index contributed by atoms with van der Waals surface area (Å²) in [5, 5.41) is 0. The molecule has 0 radical (unpaired) electrons. The van der Waals surface area contributed by atoms with Gasteiger partial charge in [0.25, 0.3) is 0 Å². The number of benzene rings is 3. The highest BCUT2D eigenvalue weighted by molar-refractivity contribution is 5.72. The van der Waals surface area contributed by atoms with Crippen molar-refractivity contribution in [3.05, 3.63) is 95.6 Å². The summed E-state index contributed by atoms with van der Waals surface area (Å²) in [7, 11) is 1.36. The summed E-state index contributed by atoms with van der Waals surface area (Å²) in [6.07, 6.45) is -4.16. The summed E-state index contributed by atoms with van der Waals surface area (Å²) >= 11 is 0. The van der Waals surface area contributed by atoms with Crippen LogP contribution < -0.4 is 9.47 Å². The smallest absolute Gasteiger partial charge is 0.416 e. The Hall–Kier alpha value is -3.74. The molecule has 1 unspecified atom stereocenters. The molecular weight excluding hydrogens is 445 g/mol. The van der Waals surface area contributed by atoms with Gasteiger partial charge >= 0.3 is 12.1 Å². The fraction of sp³-hybridized carbons (Fsp3) is 0.222. The molecule has 0 spiro atoms. The maximum absolute atomic E-state index is 12.8. The second-order valence-corrected chi connectivity index (χ2v) is 8.04. The largest absolute Gasteiger partial charge is 0.489 e. The number of ether oxygens (including phenoxy) is 3. The summed E-state index contributed by atoms with van der Waals surface area (Å²) in [4.78, 5) is 11.8. The van der Waals surface area contributed by atoms with Crippen molar-refractivity contribution < 1.29 is 32.2 Å². The van der Waals surface area contributed by atoms with Crippen LogP contribution in [0, 0.1) is 0 Å². The van der Waals surface area contributed by atoms with E-state index in [0.29, 0.717) is 23.7 Å². The lowest BCUT2D eigenvalue weighted by Crippen LogP contribution is -2.20. The van der Waals surface area contributed by atoms with Crippen LogP contribution in [0.4, 0.5) is 13.2 Å². The molecule has 0 saturated heterocycles. The Morgan fingerprint density at radius 3 is 2.53 bits per heavy atom. The second-order valence-electron chi connectivity index (χ2n) is 8.04. The Bertz CT molecular complexity index is 1200. The monoisotopic (exact) mass is 468 g/mol. The van der Waals surface area contributed by atoms with Gasteiger partial charge in [-0.1, -0.05) is 43.0 Å². The van der Waals surface area contributed by atoms with E-state index in [0.717, 1.165) is 34.4 Å². The number of fused-ring (bicyclic) bond motifs is 1. The number of rotatable bonds is 6. The van der Waals surface area contributed by atoms with Crippen LogP contribution in [0.5, 0.6) is 11.5 Å². The molecule has 1 atom stereocenters. The normalized spacial score (nSPS) is 15.3. The van der Waals surface area contributed by atoms with Gasteiger partial charge in [0.1, 0.15) is 24.7 Å². The van der Waals surface area contributed by atoms with Crippen LogP contribution in [0.2, 0.25) is 0 Å². The molecule has 0 bridgehead atoms. The first-order valence-corrected chi connectivity index (χ1v) is 10.6. The Balaban J connectivity index is 1.46. The minimum Gasteiger partial charge on any atom is -0.489 e. The molecule has 3 aromatic rings. The Morgan fingerprint density at radius 2 is 1.82 bits per heavy atom. The topological polar surface area (TPSA) is 44.8 Å². The minimum atomic E-state index is -4.36. The lowest BCUT2D eigenvalue weighted by Gasteiger charge is -2.27. The number of alkyl halides is 3. The number of esters is 1. The first kappa shape index (κ1) is 23.4. The van der Waals surface area contributed by atoms with Crippen LogP contribution in [-0.2, 0) is 22.3 Å². The van der Waals surface area contributed by atoms with E-state index in [1.165, 1.54) is 19.2 Å². The molecule has 4 nitrogen and oxygen atoms in total. The van der Waals surface area contributed by atoms with Crippen molar-refractivity contribution in [2.24, 2.45) is 0 Å². The molecule has 0 amide bonds. The third-order valence-electron chi connectivity index (χ3n) is 5.74. The van der Waals surface area contributed by atoms with Gasteiger partial charge in [0.05, 0.1) is 19.1 Å².